The summed E-state index contributed by atoms with van der Waals surface area (Å²) in [6.45, 7) is 4.55. The molecule has 0 aromatic heterocycles. The van der Waals surface area contributed by atoms with Crippen LogP contribution in [0.2, 0.25) is 0 Å². The molecule has 1 saturated heterocycles. The maximum atomic E-state index is 12.2. The minimum Gasteiger partial charge on any atom is -0.469 e. The van der Waals surface area contributed by atoms with Crippen LogP contribution in [-0.2, 0) is 19.1 Å². The molecule has 5 heteroatoms. The first kappa shape index (κ1) is 18.3. The summed E-state index contributed by atoms with van der Waals surface area (Å²) >= 11 is 0. The summed E-state index contributed by atoms with van der Waals surface area (Å²) in [5.41, 5.74) is 2.77. The second kappa shape index (κ2) is 5.23. The number of methoxy groups -OCH3 is 1. The molecular formula is C24H30O5. The lowest BCUT2D eigenvalue weighted by Crippen LogP contribution is -2.59. The molecule has 2 unspecified atom stereocenters. The van der Waals surface area contributed by atoms with Gasteiger partial charge < -0.3 is 14.6 Å². The van der Waals surface area contributed by atoms with Gasteiger partial charge in [-0.3, -0.25) is 9.59 Å². The highest BCUT2D eigenvalue weighted by atomic mass is 16.6. The van der Waals surface area contributed by atoms with Gasteiger partial charge in [-0.2, -0.15) is 0 Å². The Balaban J connectivity index is 1.40. The first-order valence-electron chi connectivity index (χ1n) is 11.1. The SMILES string of the molecule is COC(=O)CC[C@]1(O)CCC2C3C4=C(C4)C4=CC(=O)CC[C@]4(C)[C@]34O[C@@H]4C[C@@]21C. The molecule has 6 rings (SSSR count). The van der Waals surface area contributed by atoms with Gasteiger partial charge in [-0.1, -0.05) is 19.4 Å². The number of hydrogen-bond acceptors (Lipinski definition) is 5. The molecule has 7 atom stereocenters. The van der Waals surface area contributed by atoms with Gasteiger partial charge in [0.25, 0.3) is 0 Å². The fraction of sp³-hybridized carbons (Fsp3) is 0.750. The predicted molar refractivity (Wildman–Crippen MR) is 105 cm³/mol. The van der Waals surface area contributed by atoms with E-state index in [4.69, 9.17) is 9.47 Å². The van der Waals surface area contributed by atoms with Crippen molar-refractivity contribution in [3.63, 3.8) is 0 Å². The van der Waals surface area contributed by atoms with E-state index in [0.717, 1.165) is 32.1 Å². The number of allylic oxidation sites excluding steroid dienone is 2. The Labute approximate surface area is 171 Å². The van der Waals surface area contributed by atoms with Crippen LogP contribution >= 0.6 is 0 Å². The van der Waals surface area contributed by atoms with Gasteiger partial charge in [0.1, 0.15) is 5.60 Å². The van der Waals surface area contributed by atoms with Gasteiger partial charge in [0.15, 0.2) is 5.78 Å². The number of aliphatic hydroxyl groups is 1. The first-order valence-corrected chi connectivity index (χ1v) is 11.1. The molecule has 3 fully saturated rings. The summed E-state index contributed by atoms with van der Waals surface area (Å²) < 4.78 is 11.5. The third kappa shape index (κ3) is 1.95. The molecule has 5 aliphatic carbocycles. The fourth-order valence-electron chi connectivity index (χ4n) is 8.16. The van der Waals surface area contributed by atoms with E-state index in [9.17, 15) is 14.7 Å². The Morgan fingerprint density at radius 3 is 2.90 bits per heavy atom. The van der Waals surface area contributed by atoms with Crippen LogP contribution in [0.15, 0.2) is 22.8 Å². The van der Waals surface area contributed by atoms with Crippen molar-refractivity contribution in [2.45, 2.75) is 82.5 Å². The van der Waals surface area contributed by atoms with Crippen LogP contribution < -0.4 is 0 Å². The average Bonchev–Trinajstić information content (AvgIpc) is 3.58. The van der Waals surface area contributed by atoms with Gasteiger partial charge in [-0.15, -0.1) is 0 Å². The summed E-state index contributed by atoms with van der Waals surface area (Å²) in [6, 6.07) is 0. The lowest BCUT2D eigenvalue weighted by Gasteiger charge is -2.54. The Morgan fingerprint density at radius 2 is 2.14 bits per heavy atom. The van der Waals surface area contributed by atoms with E-state index >= 15 is 0 Å². The Morgan fingerprint density at radius 1 is 1.34 bits per heavy atom. The first-order chi connectivity index (χ1) is 13.7. The molecule has 1 heterocycles. The number of carbonyl (C=O) groups excluding carboxylic acids is 2. The van der Waals surface area contributed by atoms with E-state index in [2.05, 4.69) is 13.8 Å². The van der Waals surface area contributed by atoms with Crippen LogP contribution in [0.1, 0.15) is 65.2 Å². The Kier molecular flexibility index (Phi) is 3.30. The highest BCUT2D eigenvalue weighted by Gasteiger charge is 2.82. The fourth-order valence-corrected chi connectivity index (χ4v) is 8.16. The number of esters is 1. The molecule has 29 heavy (non-hydrogen) atoms. The normalized spacial score (nSPS) is 51.2. The molecule has 1 N–H and O–H groups in total. The van der Waals surface area contributed by atoms with Crippen molar-refractivity contribution in [1.29, 1.82) is 0 Å². The summed E-state index contributed by atoms with van der Waals surface area (Å²) in [5.74, 6) is 0.718. The maximum absolute atomic E-state index is 12.2. The highest BCUT2D eigenvalue weighted by molar-refractivity contribution is 5.93. The van der Waals surface area contributed by atoms with Crippen molar-refractivity contribution in [1.82, 2.24) is 0 Å². The third-order valence-corrected chi connectivity index (χ3v) is 9.92. The monoisotopic (exact) mass is 398 g/mol. The van der Waals surface area contributed by atoms with Crippen LogP contribution in [0.25, 0.3) is 0 Å². The molecule has 156 valence electrons. The zero-order chi connectivity index (χ0) is 20.4. The third-order valence-electron chi connectivity index (χ3n) is 9.92. The van der Waals surface area contributed by atoms with Crippen LogP contribution in [0.3, 0.4) is 0 Å². The predicted octanol–water partition coefficient (Wildman–Crippen LogP) is 3.25. The van der Waals surface area contributed by atoms with E-state index in [1.807, 2.05) is 6.08 Å². The van der Waals surface area contributed by atoms with Gasteiger partial charge >= 0.3 is 5.97 Å². The molecule has 6 aliphatic rings. The summed E-state index contributed by atoms with van der Waals surface area (Å²) in [6.07, 6.45) is 7.80. The second-order valence-corrected chi connectivity index (χ2v) is 10.8. The zero-order valence-corrected chi connectivity index (χ0v) is 17.5. The van der Waals surface area contributed by atoms with Crippen molar-refractivity contribution in [3.05, 3.63) is 22.8 Å². The number of ether oxygens (including phenoxy) is 2. The van der Waals surface area contributed by atoms with E-state index in [-0.39, 0.29) is 40.7 Å². The molecule has 0 amide bonds. The van der Waals surface area contributed by atoms with E-state index < -0.39 is 5.60 Å². The van der Waals surface area contributed by atoms with Gasteiger partial charge in [0.2, 0.25) is 0 Å². The van der Waals surface area contributed by atoms with E-state index in [1.54, 1.807) is 0 Å². The van der Waals surface area contributed by atoms with Gasteiger partial charge in [0.05, 0.1) is 18.8 Å². The van der Waals surface area contributed by atoms with Crippen molar-refractivity contribution in [3.8, 4) is 0 Å². The minimum atomic E-state index is -0.848. The molecule has 0 aromatic carbocycles. The molecule has 1 spiro atoms. The minimum absolute atomic E-state index is 0.0837. The lowest BCUT2D eigenvalue weighted by molar-refractivity contribution is -0.145. The Hall–Kier alpha value is -1.46. The number of hydrogen-bond donors (Lipinski definition) is 1. The van der Waals surface area contributed by atoms with E-state index in [0.29, 0.717) is 24.7 Å². The Bertz CT molecular complexity index is 916. The zero-order valence-electron chi connectivity index (χ0n) is 17.5. The van der Waals surface area contributed by atoms with Crippen molar-refractivity contribution < 1.29 is 24.2 Å². The van der Waals surface area contributed by atoms with Crippen molar-refractivity contribution >= 4 is 11.8 Å². The van der Waals surface area contributed by atoms with Crippen molar-refractivity contribution in [2.75, 3.05) is 7.11 Å². The lowest BCUT2D eigenvalue weighted by atomic mass is 9.47. The van der Waals surface area contributed by atoms with Gasteiger partial charge in [-0.05, 0) is 61.7 Å². The van der Waals surface area contributed by atoms with Gasteiger partial charge in [0, 0.05) is 29.6 Å². The number of epoxide rings is 1. The van der Waals surface area contributed by atoms with Crippen molar-refractivity contribution in [2.24, 2.45) is 22.7 Å². The van der Waals surface area contributed by atoms with Crippen LogP contribution in [0, 0.1) is 22.7 Å². The maximum Gasteiger partial charge on any atom is 0.305 e. The summed E-state index contributed by atoms with van der Waals surface area (Å²) in [5, 5.41) is 11.7. The molecule has 1 aliphatic heterocycles. The average molecular weight is 398 g/mol. The quantitative estimate of drug-likeness (QED) is 0.583. The topological polar surface area (TPSA) is 76.1 Å². The molecule has 2 saturated carbocycles. The highest BCUT2D eigenvalue weighted by Crippen LogP contribution is 2.80. The standard InChI is InChI=1S/C24H30O5/c1-21-7-4-13(25)10-17(21)14-11-15(14)20-16-5-8-23(27,9-6-19(26)28-3)22(16,2)12-18-24(20,21)29-18/h10,16,18,20,27H,4-9,11-12H2,1-3H3/t16?,18-,20?,21+,22+,23-,24-/m1/s1. The van der Waals surface area contributed by atoms with Crippen LogP contribution in [0.5, 0.6) is 0 Å². The largest absolute Gasteiger partial charge is 0.469 e. The van der Waals surface area contributed by atoms with E-state index in [1.165, 1.54) is 23.8 Å². The van der Waals surface area contributed by atoms with Crippen LogP contribution in [-0.4, -0.2) is 41.3 Å². The second-order valence-electron chi connectivity index (χ2n) is 10.8. The van der Waals surface area contributed by atoms with Gasteiger partial charge in [-0.25, -0.2) is 0 Å². The molecule has 0 bridgehead atoms. The molecular weight excluding hydrogens is 368 g/mol. The number of ketones is 1. The molecule has 5 nitrogen and oxygen atoms in total. The van der Waals surface area contributed by atoms with Crippen LogP contribution in [0.4, 0.5) is 0 Å². The number of carbonyl (C=O) groups is 2. The molecule has 0 radical (unpaired) electrons. The number of fused-ring (bicyclic) bond motifs is 5. The summed E-state index contributed by atoms with van der Waals surface area (Å²) in [7, 11) is 1.41. The molecule has 0 aromatic rings. The summed E-state index contributed by atoms with van der Waals surface area (Å²) in [4.78, 5) is 23.9. The number of rotatable bonds is 3. The smallest absolute Gasteiger partial charge is 0.305 e.